The van der Waals surface area contributed by atoms with Crippen LogP contribution in [0.2, 0.25) is 5.02 Å². The second-order valence-corrected chi connectivity index (χ2v) is 8.70. The van der Waals surface area contributed by atoms with E-state index in [0.717, 1.165) is 11.1 Å². The number of halogens is 1. The van der Waals surface area contributed by atoms with Gasteiger partial charge in [0.05, 0.1) is 19.2 Å². The Bertz CT molecular complexity index is 1020. The third kappa shape index (κ3) is 4.90. The Morgan fingerprint density at radius 1 is 0.793 bits per heavy atom. The number of hydrogen-bond acceptors (Lipinski definition) is 4. The van der Waals surface area contributed by atoms with Gasteiger partial charge in [0.1, 0.15) is 16.4 Å². The summed E-state index contributed by atoms with van der Waals surface area (Å²) in [6.07, 6.45) is 0. The quantitative estimate of drug-likeness (QED) is 0.516. The Morgan fingerprint density at radius 2 is 1.28 bits per heavy atom. The molecule has 7 heteroatoms. The average molecular weight is 432 g/mol. The van der Waals surface area contributed by atoms with Crippen LogP contribution in [0.1, 0.15) is 11.1 Å². The molecule has 0 saturated heterocycles. The van der Waals surface area contributed by atoms with Crippen molar-refractivity contribution < 1.29 is 17.9 Å². The monoisotopic (exact) mass is 431 g/mol. The summed E-state index contributed by atoms with van der Waals surface area (Å²) < 4.78 is 39.3. The molecule has 3 aromatic rings. The van der Waals surface area contributed by atoms with E-state index in [2.05, 4.69) is 0 Å². The van der Waals surface area contributed by atoms with E-state index in [4.69, 9.17) is 21.1 Å². The third-order valence-corrected chi connectivity index (χ3v) is 6.57. The van der Waals surface area contributed by atoms with Crippen molar-refractivity contribution in [3.63, 3.8) is 0 Å². The number of nitrogens with zero attached hydrogens (tertiary/aromatic N) is 1. The number of sulfonamides is 1. The maximum Gasteiger partial charge on any atom is 0.247 e. The van der Waals surface area contributed by atoms with Gasteiger partial charge in [-0.1, -0.05) is 72.3 Å². The van der Waals surface area contributed by atoms with Crippen LogP contribution >= 0.6 is 11.6 Å². The molecule has 29 heavy (non-hydrogen) atoms. The fourth-order valence-electron chi connectivity index (χ4n) is 2.97. The average Bonchev–Trinajstić information content (AvgIpc) is 2.74. The minimum atomic E-state index is -3.92. The number of rotatable bonds is 8. The van der Waals surface area contributed by atoms with Gasteiger partial charge in [-0.25, -0.2) is 8.42 Å². The van der Waals surface area contributed by atoms with E-state index < -0.39 is 10.0 Å². The number of benzene rings is 3. The van der Waals surface area contributed by atoms with Crippen molar-refractivity contribution >= 4 is 21.6 Å². The molecule has 3 aromatic carbocycles. The highest BCUT2D eigenvalue weighted by molar-refractivity contribution is 7.89. The molecule has 3 rings (SSSR count). The molecule has 0 amide bonds. The Hall–Kier alpha value is -2.54. The molecule has 0 aliphatic rings. The van der Waals surface area contributed by atoms with Crippen LogP contribution in [0, 0.1) is 0 Å². The highest BCUT2D eigenvalue weighted by Gasteiger charge is 2.29. The number of methoxy groups -OCH3 is 2. The lowest BCUT2D eigenvalue weighted by Gasteiger charge is -2.24. The van der Waals surface area contributed by atoms with Crippen molar-refractivity contribution in [3.05, 3.63) is 88.9 Å². The highest BCUT2D eigenvalue weighted by atomic mass is 35.5. The first kappa shape index (κ1) is 21.2. The summed E-state index contributed by atoms with van der Waals surface area (Å²) in [6.45, 7) is 0.429. The van der Waals surface area contributed by atoms with Gasteiger partial charge < -0.3 is 9.47 Å². The Labute approximate surface area is 176 Å². The maximum atomic E-state index is 13.6. The van der Waals surface area contributed by atoms with E-state index in [-0.39, 0.29) is 34.5 Å². The lowest BCUT2D eigenvalue weighted by molar-refractivity contribution is 0.377. The molecular weight excluding hydrogens is 410 g/mol. The molecule has 0 fully saturated rings. The molecule has 0 atom stereocenters. The van der Waals surface area contributed by atoms with E-state index in [1.54, 1.807) is 0 Å². The van der Waals surface area contributed by atoms with E-state index in [1.807, 2.05) is 60.7 Å². The van der Waals surface area contributed by atoms with Gasteiger partial charge in [0.25, 0.3) is 0 Å². The van der Waals surface area contributed by atoms with E-state index in [9.17, 15) is 8.42 Å². The van der Waals surface area contributed by atoms with Crippen LogP contribution in [-0.2, 0) is 23.1 Å². The molecule has 0 aromatic heterocycles. The van der Waals surface area contributed by atoms with Gasteiger partial charge in [-0.15, -0.1) is 0 Å². The third-order valence-electron chi connectivity index (χ3n) is 4.46. The van der Waals surface area contributed by atoms with Crippen molar-refractivity contribution in [2.24, 2.45) is 0 Å². The fourth-order valence-corrected chi connectivity index (χ4v) is 4.77. The van der Waals surface area contributed by atoms with Gasteiger partial charge in [0, 0.05) is 25.2 Å². The number of ether oxygens (including phenoxy) is 2. The first-order chi connectivity index (χ1) is 14.0. The normalized spacial score (nSPS) is 11.4. The first-order valence-corrected chi connectivity index (χ1v) is 10.8. The summed E-state index contributed by atoms with van der Waals surface area (Å²) in [4.78, 5) is 0.00751. The Morgan fingerprint density at radius 3 is 1.72 bits per heavy atom. The van der Waals surface area contributed by atoms with Crippen LogP contribution in [-0.4, -0.2) is 26.9 Å². The van der Waals surface area contributed by atoms with E-state index >= 15 is 0 Å². The highest BCUT2D eigenvalue weighted by Crippen LogP contribution is 2.37. The van der Waals surface area contributed by atoms with Crippen molar-refractivity contribution in [1.29, 1.82) is 0 Å². The van der Waals surface area contributed by atoms with Crippen LogP contribution in [0.3, 0.4) is 0 Å². The fraction of sp³-hybridized carbons (Fsp3) is 0.182. The molecule has 152 valence electrons. The van der Waals surface area contributed by atoms with Gasteiger partial charge in [-0.05, 0) is 11.1 Å². The van der Waals surface area contributed by atoms with Crippen LogP contribution < -0.4 is 9.47 Å². The molecule has 0 unspecified atom stereocenters. The molecule has 0 spiro atoms. The largest absolute Gasteiger partial charge is 0.495 e. The molecule has 0 aliphatic carbocycles. The Balaban J connectivity index is 2.08. The second kappa shape index (κ2) is 9.31. The molecule has 0 saturated carbocycles. The molecule has 0 bridgehead atoms. The smallest absolute Gasteiger partial charge is 0.247 e. The number of hydrogen-bond donors (Lipinski definition) is 0. The predicted molar refractivity (Wildman–Crippen MR) is 114 cm³/mol. The van der Waals surface area contributed by atoms with Gasteiger partial charge in [-0.3, -0.25) is 0 Å². The maximum absolute atomic E-state index is 13.6. The topological polar surface area (TPSA) is 55.8 Å². The zero-order valence-electron chi connectivity index (χ0n) is 16.2. The van der Waals surface area contributed by atoms with Crippen molar-refractivity contribution in [3.8, 4) is 11.5 Å². The summed E-state index contributed by atoms with van der Waals surface area (Å²) in [7, 11) is -1.07. The predicted octanol–water partition coefficient (Wildman–Crippen LogP) is 4.75. The van der Waals surface area contributed by atoms with Crippen LogP contribution in [0.15, 0.2) is 77.7 Å². The zero-order chi connectivity index (χ0) is 20.9. The standard InChI is InChI=1S/C22H22ClNO4S/c1-27-20-14-22(21(28-2)13-19(20)23)29(25,26)24(15-17-9-5-3-6-10-17)16-18-11-7-4-8-12-18/h3-14H,15-16H2,1-2H3. The van der Waals surface area contributed by atoms with E-state index in [1.165, 1.54) is 30.7 Å². The van der Waals surface area contributed by atoms with Crippen LogP contribution in [0.4, 0.5) is 0 Å². The van der Waals surface area contributed by atoms with Gasteiger partial charge in [0.2, 0.25) is 10.0 Å². The zero-order valence-corrected chi connectivity index (χ0v) is 17.8. The summed E-state index contributed by atoms with van der Waals surface area (Å²) in [6, 6.07) is 21.8. The molecule has 0 N–H and O–H groups in total. The lowest BCUT2D eigenvalue weighted by Crippen LogP contribution is -2.30. The van der Waals surface area contributed by atoms with Gasteiger partial charge in [-0.2, -0.15) is 4.31 Å². The lowest BCUT2D eigenvalue weighted by atomic mass is 10.2. The second-order valence-electron chi connectivity index (χ2n) is 6.38. The summed E-state index contributed by atoms with van der Waals surface area (Å²) in [5.41, 5.74) is 1.76. The minimum Gasteiger partial charge on any atom is -0.495 e. The molecule has 0 aliphatic heterocycles. The van der Waals surface area contributed by atoms with Crippen LogP contribution in [0.5, 0.6) is 11.5 Å². The first-order valence-electron chi connectivity index (χ1n) is 8.95. The van der Waals surface area contributed by atoms with Crippen molar-refractivity contribution in [2.75, 3.05) is 14.2 Å². The Kier molecular flexibility index (Phi) is 6.79. The molecule has 0 radical (unpaired) electrons. The van der Waals surface area contributed by atoms with Crippen molar-refractivity contribution in [1.82, 2.24) is 4.31 Å². The minimum absolute atomic E-state index is 0.00751. The summed E-state index contributed by atoms with van der Waals surface area (Å²) >= 11 is 6.16. The van der Waals surface area contributed by atoms with Crippen LogP contribution in [0.25, 0.3) is 0 Å². The molecular formula is C22H22ClNO4S. The molecule has 0 heterocycles. The van der Waals surface area contributed by atoms with E-state index in [0.29, 0.717) is 0 Å². The van der Waals surface area contributed by atoms with Gasteiger partial charge >= 0.3 is 0 Å². The van der Waals surface area contributed by atoms with Crippen molar-refractivity contribution in [2.45, 2.75) is 18.0 Å². The van der Waals surface area contributed by atoms with Gasteiger partial charge in [0.15, 0.2) is 0 Å². The summed E-state index contributed by atoms with van der Waals surface area (Å²) in [5.74, 6) is 0.437. The molecule has 5 nitrogen and oxygen atoms in total. The summed E-state index contributed by atoms with van der Waals surface area (Å²) in [5, 5.41) is 0.279. The SMILES string of the molecule is COc1cc(S(=O)(=O)N(Cc2ccccc2)Cc2ccccc2)c(OC)cc1Cl.